The van der Waals surface area contributed by atoms with E-state index in [4.69, 9.17) is 4.74 Å². The zero-order valence-electron chi connectivity index (χ0n) is 11.6. The molecule has 0 aliphatic heterocycles. The minimum Gasteiger partial charge on any atom is -0.492 e. The molecule has 2 rings (SSSR count). The monoisotopic (exact) mass is 255 g/mol. The second-order valence-electron chi connectivity index (χ2n) is 4.40. The van der Waals surface area contributed by atoms with Gasteiger partial charge in [0.2, 0.25) is 0 Å². The third-order valence-electron chi connectivity index (χ3n) is 3.16. The summed E-state index contributed by atoms with van der Waals surface area (Å²) >= 11 is 0. The Labute approximate surface area is 115 Å². The smallest absolute Gasteiger partial charge is 0.142 e. The van der Waals surface area contributed by atoms with Crippen molar-refractivity contribution in [3.8, 4) is 5.75 Å². The van der Waals surface area contributed by atoms with E-state index >= 15 is 0 Å². The van der Waals surface area contributed by atoms with Crippen molar-refractivity contribution in [2.24, 2.45) is 0 Å². The number of anilines is 1. The lowest BCUT2D eigenvalue weighted by Gasteiger charge is -2.13. The predicted octanol–water partition coefficient (Wildman–Crippen LogP) is 4.26. The topological polar surface area (TPSA) is 21.3 Å². The Morgan fingerprint density at radius 3 is 2.32 bits per heavy atom. The highest BCUT2D eigenvalue weighted by Crippen LogP contribution is 2.24. The standard InChI is InChI=1S/C17H21NO/c1-3-14-9-5-6-10-15(14)13-18-16-11-7-8-12-17(16)19-4-2/h5-12,18H,3-4,13H2,1-2H3. The third-order valence-corrected chi connectivity index (χ3v) is 3.16. The molecule has 0 radical (unpaired) electrons. The van der Waals surface area contributed by atoms with Crippen LogP contribution in [0.1, 0.15) is 25.0 Å². The molecule has 2 heteroatoms. The third kappa shape index (κ3) is 3.50. The van der Waals surface area contributed by atoms with Crippen LogP contribution >= 0.6 is 0 Å². The number of rotatable bonds is 6. The van der Waals surface area contributed by atoms with Crippen LogP contribution in [0.4, 0.5) is 5.69 Å². The molecular weight excluding hydrogens is 234 g/mol. The Morgan fingerprint density at radius 2 is 1.58 bits per heavy atom. The minimum absolute atomic E-state index is 0.685. The van der Waals surface area contributed by atoms with Crippen LogP contribution in [-0.4, -0.2) is 6.61 Å². The summed E-state index contributed by atoms with van der Waals surface area (Å²) in [6.07, 6.45) is 1.06. The van der Waals surface area contributed by atoms with Crippen LogP contribution in [0.3, 0.4) is 0 Å². The van der Waals surface area contributed by atoms with E-state index in [1.54, 1.807) is 0 Å². The lowest BCUT2D eigenvalue weighted by Crippen LogP contribution is -2.04. The van der Waals surface area contributed by atoms with Crippen molar-refractivity contribution in [2.45, 2.75) is 26.8 Å². The molecule has 0 atom stereocenters. The first-order chi connectivity index (χ1) is 9.35. The number of nitrogens with one attached hydrogen (secondary N) is 1. The molecule has 1 N–H and O–H groups in total. The first kappa shape index (κ1) is 13.5. The summed E-state index contributed by atoms with van der Waals surface area (Å²) in [6, 6.07) is 16.6. The molecule has 0 fully saturated rings. The average Bonchev–Trinajstić information content (AvgIpc) is 2.47. The van der Waals surface area contributed by atoms with E-state index in [0.717, 1.165) is 24.4 Å². The summed E-state index contributed by atoms with van der Waals surface area (Å²) in [5, 5.41) is 3.46. The molecule has 2 nitrogen and oxygen atoms in total. The van der Waals surface area contributed by atoms with Crippen LogP contribution in [0.15, 0.2) is 48.5 Å². The second-order valence-corrected chi connectivity index (χ2v) is 4.40. The van der Waals surface area contributed by atoms with Crippen LogP contribution < -0.4 is 10.1 Å². The van der Waals surface area contributed by atoms with Crippen molar-refractivity contribution >= 4 is 5.69 Å². The van der Waals surface area contributed by atoms with Gasteiger partial charge in [-0.05, 0) is 36.6 Å². The van der Waals surface area contributed by atoms with Crippen LogP contribution in [0.25, 0.3) is 0 Å². The second kappa shape index (κ2) is 6.83. The summed E-state index contributed by atoms with van der Waals surface area (Å²) in [5.41, 5.74) is 3.79. The van der Waals surface area contributed by atoms with E-state index in [9.17, 15) is 0 Å². The highest BCUT2D eigenvalue weighted by atomic mass is 16.5. The van der Waals surface area contributed by atoms with Gasteiger partial charge in [-0.2, -0.15) is 0 Å². The van der Waals surface area contributed by atoms with Crippen molar-refractivity contribution in [3.05, 3.63) is 59.7 Å². The first-order valence-corrected chi connectivity index (χ1v) is 6.87. The number of aryl methyl sites for hydroxylation is 1. The van der Waals surface area contributed by atoms with Gasteiger partial charge < -0.3 is 10.1 Å². The highest BCUT2D eigenvalue weighted by Gasteiger charge is 2.03. The molecule has 0 aliphatic carbocycles. The zero-order chi connectivity index (χ0) is 13.5. The van der Waals surface area contributed by atoms with Gasteiger partial charge in [0.1, 0.15) is 5.75 Å². The maximum atomic E-state index is 5.62. The van der Waals surface area contributed by atoms with Gasteiger partial charge >= 0.3 is 0 Å². The number of hydrogen-bond acceptors (Lipinski definition) is 2. The Hall–Kier alpha value is -1.96. The Morgan fingerprint density at radius 1 is 0.895 bits per heavy atom. The van der Waals surface area contributed by atoms with Crippen molar-refractivity contribution in [1.29, 1.82) is 0 Å². The van der Waals surface area contributed by atoms with E-state index in [1.807, 2.05) is 25.1 Å². The van der Waals surface area contributed by atoms with Gasteiger partial charge in [-0.1, -0.05) is 43.3 Å². The van der Waals surface area contributed by atoms with Gasteiger partial charge in [0.15, 0.2) is 0 Å². The molecule has 0 unspecified atom stereocenters. The van der Waals surface area contributed by atoms with E-state index in [1.165, 1.54) is 11.1 Å². The zero-order valence-corrected chi connectivity index (χ0v) is 11.6. The van der Waals surface area contributed by atoms with E-state index in [-0.39, 0.29) is 0 Å². The average molecular weight is 255 g/mol. The van der Waals surface area contributed by atoms with Gasteiger partial charge in [-0.3, -0.25) is 0 Å². The number of ether oxygens (including phenoxy) is 1. The predicted molar refractivity (Wildman–Crippen MR) is 80.8 cm³/mol. The quantitative estimate of drug-likeness (QED) is 0.832. The van der Waals surface area contributed by atoms with E-state index < -0.39 is 0 Å². The Balaban J connectivity index is 2.10. The largest absolute Gasteiger partial charge is 0.492 e. The fourth-order valence-corrected chi connectivity index (χ4v) is 2.16. The van der Waals surface area contributed by atoms with Crippen LogP contribution in [0, 0.1) is 0 Å². The van der Waals surface area contributed by atoms with E-state index in [0.29, 0.717) is 6.61 Å². The maximum absolute atomic E-state index is 5.62. The van der Waals surface area contributed by atoms with Gasteiger partial charge in [0, 0.05) is 6.54 Å². The van der Waals surface area contributed by atoms with Gasteiger partial charge in [-0.15, -0.1) is 0 Å². The number of hydrogen-bond donors (Lipinski definition) is 1. The van der Waals surface area contributed by atoms with Crippen molar-refractivity contribution < 1.29 is 4.74 Å². The molecule has 0 bridgehead atoms. The SMILES string of the molecule is CCOc1ccccc1NCc1ccccc1CC. The van der Waals surface area contributed by atoms with Crippen LogP contribution in [0.2, 0.25) is 0 Å². The number of benzene rings is 2. The van der Waals surface area contributed by atoms with Crippen LogP contribution in [0.5, 0.6) is 5.75 Å². The molecule has 0 saturated heterocycles. The molecule has 100 valence electrons. The molecule has 19 heavy (non-hydrogen) atoms. The molecule has 2 aromatic rings. The van der Waals surface area contributed by atoms with Crippen LogP contribution in [-0.2, 0) is 13.0 Å². The van der Waals surface area contributed by atoms with Crippen molar-refractivity contribution in [1.82, 2.24) is 0 Å². The summed E-state index contributed by atoms with van der Waals surface area (Å²) < 4.78 is 5.62. The summed E-state index contributed by atoms with van der Waals surface area (Å²) in [5.74, 6) is 0.916. The fourth-order valence-electron chi connectivity index (χ4n) is 2.16. The lowest BCUT2D eigenvalue weighted by atomic mass is 10.1. The number of para-hydroxylation sites is 2. The molecular formula is C17H21NO. The summed E-state index contributed by atoms with van der Waals surface area (Å²) in [7, 11) is 0. The Bertz CT molecular complexity index is 522. The molecule has 0 aromatic heterocycles. The summed E-state index contributed by atoms with van der Waals surface area (Å²) in [6.45, 7) is 5.70. The normalized spacial score (nSPS) is 10.2. The molecule has 0 saturated carbocycles. The highest BCUT2D eigenvalue weighted by molar-refractivity contribution is 5.56. The maximum Gasteiger partial charge on any atom is 0.142 e. The molecule has 0 aliphatic rings. The molecule has 0 spiro atoms. The lowest BCUT2D eigenvalue weighted by molar-refractivity contribution is 0.341. The van der Waals surface area contributed by atoms with Gasteiger partial charge in [0.25, 0.3) is 0 Å². The van der Waals surface area contributed by atoms with Gasteiger partial charge in [-0.25, -0.2) is 0 Å². The Kier molecular flexibility index (Phi) is 4.85. The van der Waals surface area contributed by atoms with Gasteiger partial charge in [0.05, 0.1) is 12.3 Å². The molecule has 0 heterocycles. The minimum atomic E-state index is 0.685. The molecule has 0 amide bonds. The van der Waals surface area contributed by atoms with E-state index in [2.05, 4.69) is 42.6 Å². The molecule has 2 aromatic carbocycles. The fraction of sp³-hybridized carbons (Fsp3) is 0.294. The van der Waals surface area contributed by atoms with Crippen molar-refractivity contribution in [3.63, 3.8) is 0 Å². The van der Waals surface area contributed by atoms with Crippen molar-refractivity contribution in [2.75, 3.05) is 11.9 Å². The first-order valence-electron chi connectivity index (χ1n) is 6.87. The summed E-state index contributed by atoms with van der Waals surface area (Å²) in [4.78, 5) is 0.